The molecule has 6 rings (SSSR count). The standard InChI is InChI=1S/C28H26F3N7O2/c1-2-36-10-4-6-20(16-36)38-24-11-21(17-5-3-9-32-13-17)22(29)12-23(24)37(28(38)39)15-19-8-7-18(14-33-19)26-34-35-27(40-26)25(30)31/h3,5,7-9,11-14,20,25H,2,4,6,10,15-16H2,1H3. The van der Waals surface area contributed by atoms with Gasteiger partial charge >= 0.3 is 12.1 Å². The maximum absolute atomic E-state index is 15.5. The Labute approximate surface area is 226 Å². The molecule has 0 aliphatic carbocycles. The number of imidazole rings is 1. The zero-order valence-electron chi connectivity index (χ0n) is 21.7. The lowest BCUT2D eigenvalue weighted by molar-refractivity contribution is 0.116. The molecule has 0 bridgehead atoms. The summed E-state index contributed by atoms with van der Waals surface area (Å²) in [5.74, 6) is -1.30. The summed E-state index contributed by atoms with van der Waals surface area (Å²) < 4.78 is 49.4. The average Bonchev–Trinajstić information content (AvgIpc) is 3.57. The highest BCUT2D eigenvalue weighted by Crippen LogP contribution is 2.31. The van der Waals surface area contributed by atoms with E-state index in [4.69, 9.17) is 4.42 Å². The van der Waals surface area contributed by atoms with Gasteiger partial charge in [-0.2, -0.15) is 8.78 Å². The number of likely N-dealkylation sites (N-methyl/N-ethyl adjacent to an activating group) is 1. The van der Waals surface area contributed by atoms with E-state index in [0.29, 0.717) is 33.4 Å². The lowest BCUT2D eigenvalue weighted by Gasteiger charge is -2.32. The summed E-state index contributed by atoms with van der Waals surface area (Å²) in [5, 5.41) is 6.98. The first-order valence-corrected chi connectivity index (χ1v) is 13.1. The van der Waals surface area contributed by atoms with Crippen molar-refractivity contribution in [2.75, 3.05) is 19.6 Å². The van der Waals surface area contributed by atoms with E-state index in [1.807, 2.05) is 0 Å². The first-order chi connectivity index (χ1) is 19.4. The van der Waals surface area contributed by atoms with E-state index in [2.05, 4.69) is 32.0 Å². The molecule has 0 N–H and O–H groups in total. The predicted molar refractivity (Wildman–Crippen MR) is 141 cm³/mol. The van der Waals surface area contributed by atoms with Gasteiger partial charge in [-0.25, -0.2) is 9.18 Å². The number of fused-ring (bicyclic) bond motifs is 1. The molecule has 0 saturated carbocycles. The minimum absolute atomic E-state index is 0.0611. The molecule has 1 saturated heterocycles. The number of piperidine rings is 1. The predicted octanol–water partition coefficient (Wildman–Crippen LogP) is 5.09. The van der Waals surface area contributed by atoms with Crippen molar-refractivity contribution in [3.63, 3.8) is 0 Å². The lowest BCUT2D eigenvalue weighted by Crippen LogP contribution is -2.40. The molecule has 12 heteroatoms. The molecular formula is C28H26F3N7O2. The van der Waals surface area contributed by atoms with Crippen molar-refractivity contribution < 1.29 is 17.6 Å². The zero-order chi connectivity index (χ0) is 27.8. The molecule has 5 aromatic rings. The van der Waals surface area contributed by atoms with Crippen LogP contribution in [-0.2, 0) is 6.54 Å². The third-order valence-electron chi connectivity index (χ3n) is 7.34. The van der Waals surface area contributed by atoms with Crippen LogP contribution in [-0.4, -0.2) is 53.8 Å². The molecule has 9 nitrogen and oxygen atoms in total. The van der Waals surface area contributed by atoms with Gasteiger partial charge < -0.3 is 9.32 Å². The first kappa shape index (κ1) is 25.9. The Morgan fingerprint density at radius 2 is 1.98 bits per heavy atom. The molecule has 40 heavy (non-hydrogen) atoms. The van der Waals surface area contributed by atoms with Gasteiger partial charge in [-0.3, -0.25) is 19.1 Å². The van der Waals surface area contributed by atoms with Crippen LogP contribution in [0.5, 0.6) is 0 Å². The minimum atomic E-state index is -2.87. The molecule has 1 fully saturated rings. The van der Waals surface area contributed by atoms with Crippen LogP contribution in [0, 0.1) is 5.82 Å². The van der Waals surface area contributed by atoms with Gasteiger partial charge in [0.15, 0.2) is 0 Å². The van der Waals surface area contributed by atoms with Gasteiger partial charge in [0.25, 0.3) is 5.89 Å². The van der Waals surface area contributed by atoms with Gasteiger partial charge in [0.05, 0.1) is 34.9 Å². The van der Waals surface area contributed by atoms with E-state index in [0.717, 1.165) is 32.5 Å². The summed E-state index contributed by atoms with van der Waals surface area (Å²) in [6.45, 7) is 4.78. The van der Waals surface area contributed by atoms with Crippen LogP contribution in [0.25, 0.3) is 33.6 Å². The van der Waals surface area contributed by atoms with Gasteiger partial charge in [-0.1, -0.05) is 13.0 Å². The number of alkyl halides is 2. The second-order valence-electron chi connectivity index (χ2n) is 9.77. The highest BCUT2D eigenvalue weighted by Gasteiger charge is 2.27. The second-order valence-corrected chi connectivity index (χ2v) is 9.77. The summed E-state index contributed by atoms with van der Waals surface area (Å²) in [6.07, 6.45) is 3.58. The van der Waals surface area contributed by atoms with E-state index < -0.39 is 18.1 Å². The molecule has 0 amide bonds. The van der Waals surface area contributed by atoms with Crippen molar-refractivity contribution in [1.29, 1.82) is 0 Å². The number of nitrogens with zero attached hydrogens (tertiary/aromatic N) is 7. The Hall–Kier alpha value is -4.32. The Balaban J connectivity index is 1.42. The van der Waals surface area contributed by atoms with Gasteiger partial charge in [0.1, 0.15) is 5.82 Å². The quantitative estimate of drug-likeness (QED) is 0.279. The van der Waals surface area contributed by atoms with E-state index in [9.17, 15) is 13.6 Å². The summed E-state index contributed by atoms with van der Waals surface area (Å²) in [7, 11) is 0. The number of aromatic nitrogens is 6. The van der Waals surface area contributed by atoms with Crippen molar-refractivity contribution in [3.05, 3.63) is 82.9 Å². The summed E-state index contributed by atoms with van der Waals surface area (Å²) in [6, 6.07) is 9.86. The van der Waals surface area contributed by atoms with E-state index in [1.54, 1.807) is 47.3 Å². The SMILES string of the molecule is CCN1CCCC(n2c(=O)n(Cc3ccc(-c4nnc(C(F)F)o4)cn3)c3cc(F)c(-c4cccnc4)cc32)C1. The monoisotopic (exact) mass is 549 g/mol. The maximum Gasteiger partial charge on any atom is 0.329 e. The largest absolute Gasteiger partial charge is 0.415 e. The number of benzene rings is 1. The number of pyridine rings is 2. The lowest BCUT2D eigenvalue weighted by atomic mass is 10.0. The van der Waals surface area contributed by atoms with Crippen LogP contribution in [0.1, 0.15) is 43.8 Å². The fraction of sp³-hybridized carbons (Fsp3) is 0.321. The normalized spacial score (nSPS) is 16.3. The molecule has 5 heterocycles. The molecule has 4 aromatic heterocycles. The summed E-state index contributed by atoms with van der Waals surface area (Å²) in [4.78, 5) is 24.8. The third kappa shape index (κ3) is 4.79. The minimum Gasteiger partial charge on any atom is -0.415 e. The summed E-state index contributed by atoms with van der Waals surface area (Å²) in [5.41, 5.74) is 2.76. The molecule has 1 aromatic carbocycles. The van der Waals surface area contributed by atoms with Crippen LogP contribution in [0.4, 0.5) is 13.2 Å². The van der Waals surface area contributed by atoms with Gasteiger partial charge in [0.2, 0.25) is 5.89 Å². The van der Waals surface area contributed by atoms with Gasteiger partial charge in [-0.15, -0.1) is 10.2 Å². The molecule has 206 valence electrons. The molecule has 0 spiro atoms. The fourth-order valence-electron chi connectivity index (χ4n) is 5.32. The Bertz CT molecular complexity index is 1700. The van der Waals surface area contributed by atoms with Gasteiger partial charge in [-0.05, 0) is 50.2 Å². The number of likely N-dealkylation sites (tertiary alicyclic amines) is 1. The van der Waals surface area contributed by atoms with E-state index >= 15 is 4.39 Å². The molecular weight excluding hydrogens is 523 g/mol. The molecule has 1 atom stereocenters. The van der Waals surface area contributed by atoms with Crippen molar-refractivity contribution in [1.82, 2.24) is 34.2 Å². The van der Waals surface area contributed by atoms with Crippen molar-refractivity contribution in [3.8, 4) is 22.6 Å². The van der Waals surface area contributed by atoms with Crippen molar-refractivity contribution in [2.24, 2.45) is 0 Å². The summed E-state index contributed by atoms with van der Waals surface area (Å²) >= 11 is 0. The highest BCUT2D eigenvalue weighted by molar-refractivity contribution is 5.83. The van der Waals surface area contributed by atoms with Gasteiger partial charge in [0, 0.05) is 42.3 Å². The molecule has 1 unspecified atom stereocenters. The zero-order valence-corrected chi connectivity index (χ0v) is 21.7. The Kier molecular flexibility index (Phi) is 6.93. The second kappa shape index (κ2) is 10.7. The van der Waals surface area contributed by atoms with Crippen molar-refractivity contribution in [2.45, 2.75) is 38.8 Å². The average molecular weight is 550 g/mol. The van der Waals surface area contributed by atoms with Crippen LogP contribution < -0.4 is 5.69 Å². The molecule has 1 aliphatic rings. The maximum atomic E-state index is 15.5. The Morgan fingerprint density at radius 1 is 1.10 bits per heavy atom. The fourth-order valence-corrected chi connectivity index (χ4v) is 5.32. The highest BCUT2D eigenvalue weighted by atomic mass is 19.3. The van der Waals surface area contributed by atoms with Crippen molar-refractivity contribution >= 4 is 11.0 Å². The van der Waals surface area contributed by atoms with Crippen LogP contribution in [0.3, 0.4) is 0 Å². The van der Waals surface area contributed by atoms with E-state index in [-0.39, 0.29) is 24.2 Å². The third-order valence-corrected chi connectivity index (χ3v) is 7.34. The number of hydrogen-bond donors (Lipinski definition) is 0. The first-order valence-electron chi connectivity index (χ1n) is 13.1. The number of rotatable bonds is 7. The molecule has 1 aliphatic heterocycles. The van der Waals surface area contributed by atoms with E-state index in [1.165, 1.54) is 16.8 Å². The van der Waals surface area contributed by atoms with Crippen LogP contribution in [0.15, 0.2) is 64.2 Å². The van der Waals surface area contributed by atoms with Crippen LogP contribution >= 0.6 is 0 Å². The smallest absolute Gasteiger partial charge is 0.329 e. The topological polar surface area (TPSA) is 94.9 Å². The molecule has 0 radical (unpaired) electrons. The number of halogens is 3. The van der Waals surface area contributed by atoms with Crippen LogP contribution in [0.2, 0.25) is 0 Å². The number of hydrogen-bond acceptors (Lipinski definition) is 7. The Morgan fingerprint density at radius 3 is 2.67 bits per heavy atom.